The van der Waals surface area contributed by atoms with Crippen molar-refractivity contribution in [1.82, 2.24) is 0 Å². The van der Waals surface area contributed by atoms with Crippen LogP contribution in [0.1, 0.15) is 6.92 Å². The van der Waals surface area contributed by atoms with Crippen molar-refractivity contribution >= 4 is 12.6 Å². The summed E-state index contributed by atoms with van der Waals surface area (Å²) >= 11 is 0. The van der Waals surface area contributed by atoms with Crippen LogP contribution >= 0.6 is 0 Å². The van der Waals surface area contributed by atoms with Crippen LogP contribution in [0.3, 0.4) is 0 Å². The molecule has 2 nitrogen and oxygen atoms in total. The van der Waals surface area contributed by atoms with Crippen LogP contribution in [0.2, 0.25) is 0 Å². The van der Waals surface area contributed by atoms with Gasteiger partial charge in [-0.25, -0.2) is 4.58 Å². The van der Waals surface area contributed by atoms with Gasteiger partial charge in [-0.15, -0.1) is 0 Å². The van der Waals surface area contributed by atoms with Crippen molar-refractivity contribution in [2.24, 2.45) is 4.99 Å². The molecule has 0 spiro atoms. The fraction of sp³-hybridized carbons (Fsp3) is 0.200. The summed E-state index contributed by atoms with van der Waals surface area (Å²) < 4.78 is 1.89. The minimum absolute atomic E-state index is 0. The quantitative estimate of drug-likeness (QED) is 0.325. The van der Waals surface area contributed by atoms with E-state index in [0.717, 1.165) is 0 Å². The van der Waals surface area contributed by atoms with Gasteiger partial charge >= 0.3 is 0 Å². The van der Waals surface area contributed by atoms with Gasteiger partial charge in [0, 0.05) is 0 Å². The van der Waals surface area contributed by atoms with Gasteiger partial charge in [0.15, 0.2) is 6.20 Å². The predicted molar refractivity (Wildman–Crippen MR) is 29.6 cm³/mol. The first-order valence-corrected chi connectivity index (χ1v) is 2.20. The van der Waals surface area contributed by atoms with Gasteiger partial charge in [-0.1, -0.05) is 4.99 Å². The molecular formula is C5H7ClN2. The summed E-state index contributed by atoms with van der Waals surface area (Å²) in [7, 11) is 0. The van der Waals surface area contributed by atoms with E-state index in [9.17, 15) is 0 Å². The lowest BCUT2D eigenvalue weighted by molar-refractivity contribution is -0.303. The van der Waals surface area contributed by atoms with Crippen LogP contribution in [0.15, 0.2) is 17.4 Å². The summed E-state index contributed by atoms with van der Waals surface area (Å²) in [5.41, 5.74) is 0. The highest BCUT2D eigenvalue weighted by molar-refractivity contribution is 5.59. The number of aliphatic imine (C=N–C) groups is 1. The maximum Gasteiger partial charge on any atom is 0.290 e. The van der Waals surface area contributed by atoms with Gasteiger partial charge in [0.25, 0.3) is 6.34 Å². The van der Waals surface area contributed by atoms with Crippen molar-refractivity contribution in [2.45, 2.75) is 6.92 Å². The van der Waals surface area contributed by atoms with E-state index in [0.29, 0.717) is 0 Å². The maximum atomic E-state index is 3.82. The third-order valence-corrected chi connectivity index (χ3v) is 0.823. The zero-order valence-corrected chi connectivity index (χ0v) is 5.34. The highest BCUT2D eigenvalue weighted by Crippen LogP contribution is 1.83. The van der Waals surface area contributed by atoms with Gasteiger partial charge in [-0.2, -0.15) is 0 Å². The molecule has 0 saturated carbocycles. The Morgan fingerprint density at radius 3 is 2.62 bits per heavy atom. The highest BCUT2D eigenvalue weighted by Gasteiger charge is 1.93. The summed E-state index contributed by atoms with van der Waals surface area (Å²) in [6.07, 6.45) is 7.33. The molecule has 0 aliphatic carbocycles. The average Bonchev–Trinajstić information content (AvgIpc) is 2.14. The van der Waals surface area contributed by atoms with Gasteiger partial charge in [0.05, 0.1) is 6.21 Å². The van der Waals surface area contributed by atoms with Crippen LogP contribution in [0.5, 0.6) is 0 Å². The first-order valence-electron chi connectivity index (χ1n) is 2.20. The molecule has 1 heterocycles. The molecule has 0 radical (unpaired) electrons. The Morgan fingerprint density at radius 2 is 2.38 bits per heavy atom. The second-order valence-electron chi connectivity index (χ2n) is 1.27. The lowest BCUT2D eigenvalue weighted by Gasteiger charge is -1.74. The van der Waals surface area contributed by atoms with E-state index >= 15 is 0 Å². The smallest absolute Gasteiger partial charge is 0.290 e. The van der Waals surface area contributed by atoms with Crippen molar-refractivity contribution in [3.05, 3.63) is 12.4 Å². The molecule has 1 aliphatic heterocycles. The van der Waals surface area contributed by atoms with E-state index < -0.39 is 0 Å². The van der Waals surface area contributed by atoms with E-state index in [1.54, 1.807) is 12.5 Å². The van der Waals surface area contributed by atoms with Crippen LogP contribution in [0.25, 0.3) is 0 Å². The first kappa shape index (κ1) is 7.37. The molecule has 1 rings (SSSR count). The molecule has 0 unspecified atom stereocenters. The topological polar surface area (TPSA) is 15.4 Å². The Bertz CT molecular complexity index is 133. The third-order valence-electron chi connectivity index (χ3n) is 0.823. The van der Waals surface area contributed by atoms with Crippen molar-refractivity contribution in [3.8, 4) is 0 Å². The van der Waals surface area contributed by atoms with Gasteiger partial charge in [0.2, 0.25) is 0 Å². The number of hydrogen-bond acceptors (Lipinski definition) is 1. The molecule has 0 saturated heterocycles. The molecule has 1 aliphatic rings. The van der Waals surface area contributed by atoms with E-state index in [-0.39, 0.29) is 12.4 Å². The largest absolute Gasteiger partial charge is 1.00 e. The van der Waals surface area contributed by atoms with E-state index in [2.05, 4.69) is 4.99 Å². The number of halogens is 1. The summed E-state index contributed by atoms with van der Waals surface area (Å²) in [5.74, 6) is 0. The molecular weight excluding hydrogens is 124 g/mol. The highest BCUT2D eigenvalue weighted by atomic mass is 35.5. The van der Waals surface area contributed by atoms with Crippen LogP contribution in [0, 0.1) is 0 Å². The molecule has 0 amide bonds. The molecule has 0 aromatic heterocycles. The first-order chi connectivity index (χ1) is 3.43. The molecule has 44 valence electrons. The van der Waals surface area contributed by atoms with Crippen molar-refractivity contribution in [1.29, 1.82) is 0 Å². The minimum Gasteiger partial charge on any atom is -1.00 e. The monoisotopic (exact) mass is 130 g/mol. The van der Waals surface area contributed by atoms with Gasteiger partial charge in [-0.3, -0.25) is 0 Å². The second kappa shape index (κ2) is 3.38. The number of nitrogens with zero attached hydrogens (tertiary/aromatic N) is 2. The average molecular weight is 131 g/mol. The van der Waals surface area contributed by atoms with E-state index in [4.69, 9.17) is 0 Å². The molecule has 8 heavy (non-hydrogen) atoms. The molecule has 0 fully saturated rings. The van der Waals surface area contributed by atoms with Gasteiger partial charge in [-0.05, 0) is 6.92 Å². The molecule has 0 N–H and O–H groups in total. The minimum atomic E-state index is 0. The zero-order chi connectivity index (χ0) is 5.11. The Labute approximate surface area is 54.7 Å². The molecule has 3 heteroatoms. The summed E-state index contributed by atoms with van der Waals surface area (Å²) in [6, 6.07) is 0. The Hall–Kier alpha value is -0.630. The maximum absolute atomic E-state index is 3.82. The number of hydrogen-bond donors (Lipinski definition) is 0. The van der Waals surface area contributed by atoms with Crippen LogP contribution in [0.4, 0.5) is 0 Å². The standard InChI is InChI=1S/C5H7N2.ClH/c1-2-7-4-3-6-5-7;/h2-5H,1H3;1H/q+1;/p-1. The second-order valence-corrected chi connectivity index (χ2v) is 1.27. The normalized spacial score (nSPS) is 19.4. The van der Waals surface area contributed by atoms with Crippen LogP contribution in [-0.4, -0.2) is 17.1 Å². The summed E-state index contributed by atoms with van der Waals surface area (Å²) in [6.45, 7) is 1.96. The Kier molecular flexibility index (Phi) is 3.12. The van der Waals surface area contributed by atoms with Crippen molar-refractivity contribution in [2.75, 3.05) is 0 Å². The fourth-order valence-electron chi connectivity index (χ4n) is 0.422. The van der Waals surface area contributed by atoms with Crippen LogP contribution < -0.4 is 12.4 Å². The molecule has 0 atom stereocenters. The third kappa shape index (κ3) is 1.46. The Balaban J connectivity index is 0.000000490. The lowest BCUT2D eigenvalue weighted by Crippen LogP contribution is -3.00. The van der Waals surface area contributed by atoms with Gasteiger partial charge < -0.3 is 12.4 Å². The van der Waals surface area contributed by atoms with Crippen LogP contribution in [-0.2, 0) is 0 Å². The van der Waals surface area contributed by atoms with E-state index in [1.807, 2.05) is 23.9 Å². The van der Waals surface area contributed by atoms with Gasteiger partial charge in [0.1, 0.15) is 6.20 Å². The van der Waals surface area contributed by atoms with Crippen molar-refractivity contribution < 1.29 is 17.0 Å². The zero-order valence-electron chi connectivity index (χ0n) is 4.58. The Morgan fingerprint density at radius 1 is 1.62 bits per heavy atom. The fourth-order valence-corrected chi connectivity index (χ4v) is 0.422. The lowest BCUT2D eigenvalue weighted by atomic mass is 10.8. The summed E-state index contributed by atoms with van der Waals surface area (Å²) in [4.78, 5) is 3.82. The molecule has 0 aromatic rings. The molecule has 0 aromatic carbocycles. The number of rotatable bonds is 0. The van der Waals surface area contributed by atoms with Crippen molar-refractivity contribution in [3.63, 3.8) is 0 Å². The van der Waals surface area contributed by atoms with E-state index in [1.165, 1.54) is 0 Å². The summed E-state index contributed by atoms with van der Waals surface area (Å²) in [5, 5.41) is 0. The SMILES string of the molecule is CC=[N+]1C=CN=C1.[Cl-]. The molecule has 0 bridgehead atoms. The predicted octanol–water partition coefficient (Wildman–Crippen LogP) is -2.39.